The Labute approximate surface area is 202 Å². The lowest BCUT2D eigenvalue weighted by Crippen LogP contribution is -2.29. The summed E-state index contributed by atoms with van der Waals surface area (Å²) in [4.78, 5) is 29.8. The highest BCUT2D eigenvalue weighted by molar-refractivity contribution is 6.51. The first-order valence-corrected chi connectivity index (χ1v) is 11.0. The van der Waals surface area contributed by atoms with Gasteiger partial charge >= 0.3 is 0 Å². The fourth-order valence-electron chi connectivity index (χ4n) is 3.95. The highest BCUT2D eigenvalue weighted by atomic mass is 35.5. The van der Waals surface area contributed by atoms with E-state index in [0.29, 0.717) is 21.8 Å². The molecule has 0 aromatic heterocycles. The van der Waals surface area contributed by atoms with Crippen molar-refractivity contribution in [3.63, 3.8) is 0 Å². The highest BCUT2D eigenvalue weighted by Crippen LogP contribution is 2.43. The maximum atomic E-state index is 13.2. The van der Waals surface area contributed by atoms with Crippen LogP contribution in [0.4, 0.5) is 11.4 Å². The minimum atomic E-state index is -0.808. The number of amides is 1. The summed E-state index contributed by atoms with van der Waals surface area (Å²) in [6.45, 7) is 1.91. The van der Waals surface area contributed by atoms with Crippen molar-refractivity contribution in [2.24, 2.45) is 0 Å². The number of carbonyl (C=O) groups is 2. The van der Waals surface area contributed by atoms with Gasteiger partial charge in [0.05, 0.1) is 21.7 Å². The first-order valence-electron chi connectivity index (χ1n) is 10.3. The fraction of sp³-hybridized carbons (Fsp3) is 0.154. The Balaban J connectivity index is 1.94. The Hall–Kier alpha value is -3.28. The third-order valence-corrected chi connectivity index (χ3v) is 6.38. The molecular formula is C26H22Cl2N2O3. The van der Waals surface area contributed by atoms with Gasteiger partial charge in [0.1, 0.15) is 5.76 Å². The molecular weight excluding hydrogens is 459 g/mol. The average Bonchev–Trinajstić information content (AvgIpc) is 3.06. The van der Waals surface area contributed by atoms with Gasteiger partial charge in [0.2, 0.25) is 0 Å². The molecule has 0 radical (unpaired) electrons. The molecule has 1 aliphatic rings. The van der Waals surface area contributed by atoms with Gasteiger partial charge in [-0.25, -0.2) is 0 Å². The molecule has 1 fully saturated rings. The van der Waals surface area contributed by atoms with Crippen LogP contribution in [0.3, 0.4) is 0 Å². The van der Waals surface area contributed by atoms with Gasteiger partial charge in [0.15, 0.2) is 0 Å². The number of hydrogen-bond acceptors (Lipinski definition) is 4. The zero-order valence-electron chi connectivity index (χ0n) is 18.3. The maximum Gasteiger partial charge on any atom is 0.300 e. The van der Waals surface area contributed by atoms with E-state index in [1.807, 2.05) is 68.4 Å². The molecule has 0 bridgehead atoms. The Bertz CT molecular complexity index is 1280. The SMILES string of the molecule is Cc1cccc(N2C(=O)C(=O)/C(=C(\O)c3ccc(Cl)c(Cl)c3)C2c2ccc(N(C)C)cc2)c1. The molecule has 1 saturated heterocycles. The molecule has 1 unspecified atom stereocenters. The van der Waals surface area contributed by atoms with Gasteiger partial charge in [0.25, 0.3) is 11.7 Å². The van der Waals surface area contributed by atoms with Gasteiger partial charge in [0, 0.05) is 31.0 Å². The standard InChI is InChI=1S/C26H22Cl2N2O3/c1-15-5-4-6-19(13-15)30-23(16-7-10-18(11-8-16)29(2)3)22(25(32)26(30)33)24(31)17-9-12-20(27)21(28)14-17/h4-14,23,31H,1-3H3/b24-22-. The van der Waals surface area contributed by atoms with E-state index >= 15 is 0 Å². The van der Waals surface area contributed by atoms with Gasteiger partial charge < -0.3 is 10.0 Å². The number of rotatable bonds is 4. The van der Waals surface area contributed by atoms with Crippen LogP contribution in [0.2, 0.25) is 10.0 Å². The fourth-order valence-corrected chi connectivity index (χ4v) is 4.24. The van der Waals surface area contributed by atoms with Crippen LogP contribution in [0, 0.1) is 6.92 Å². The summed E-state index contributed by atoms with van der Waals surface area (Å²) >= 11 is 12.2. The Morgan fingerprint density at radius 3 is 2.24 bits per heavy atom. The molecule has 0 saturated carbocycles. The summed E-state index contributed by atoms with van der Waals surface area (Å²) in [6, 6.07) is 18.7. The lowest BCUT2D eigenvalue weighted by molar-refractivity contribution is -0.132. The van der Waals surface area contributed by atoms with Crippen molar-refractivity contribution < 1.29 is 14.7 Å². The smallest absolute Gasteiger partial charge is 0.300 e. The second-order valence-corrected chi connectivity index (χ2v) is 8.94. The molecule has 1 N–H and O–H groups in total. The predicted octanol–water partition coefficient (Wildman–Crippen LogP) is 5.99. The van der Waals surface area contributed by atoms with Gasteiger partial charge in [-0.3, -0.25) is 14.5 Å². The van der Waals surface area contributed by atoms with Crippen LogP contribution in [0.1, 0.15) is 22.7 Å². The molecule has 33 heavy (non-hydrogen) atoms. The highest BCUT2D eigenvalue weighted by Gasteiger charge is 2.47. The zero-order chi connectivity index (χ0) is 23.9. The number of aliphatic hydroxyl groups excluding tert-OH is 1. The number of Topliss-reactive ketones (excluding diaryl/α,β-unsaturated/α-hetero) is 1. The number of anilines is 2. The van der Waals surface area contributed by atoms with Crippen molar-refractivity contribution in [3.8, 4) is 0 Å². The van der Waals surface area contributed by atoms with E-state index in [4.69, 9.17) is 23.2 Å². The van der Waals surface area contributed by atoms with Crippen LogP contribution in [-0.4, -0.2) is 30.9 Å². The summed E-state index contributed by atoms with van der Waals surface area (Å²) in [5.74, 6) is -1.77. The lowest BCUT2D eigenvalue weighted by atomic mass is 9.95. The monoisotopic (exact) mass is 480 g/mol. The summed E-state index contributed by atoms with van der Waals surface area (Å²) in [5.41, 5.74) is 3.49. The van der Waals surface area contributed by atoms with Crippen LogP contribution in [0.25, 0.3) is 5.76 Å². The van der Waals surface area contributed by atoms with Crippen molar-refractivity contribution >= 4 is 52.0 Å². The molecule has 1 aliphatic heterocycles. The molecule has 1 amide bonds. The number of nitrogens with zero attached hydrogens (tertiary/aromatic N) is 2. The normalized spacial score (nSPS) is 17.5. The summed E-state index contributed by atoms with van der Waals surface area (Å²) in [7, 11) is 3.86. The van der Waals surface area contributed by atoms with E-state index in [9.17, 15) is 14.7 Å². The number of aliphatic hydroxyl groups is 1. The van der Waals surface area contributed by atoms with E-state index in [1.54, 1.807) is 12.1 Å². The largest absolute Gasteiger partial charge is 0.507 e. The number of ketones is 1. The molecule has 4 rings (SSSR count). The van der Waals surface area contributed by atoms with Crippen LogP contribution >= 0.6 is 23.2 Å². The van der Waals surface area contributed by atoms with Crippen LogP contribution in [-0.2, 0) is 9.59 Å². The summed E-state index contributed by atoms with van der Waals surface area (Å²) < 4.78 is 0. The van der Waals surface area contributed by atoms with Gasteiger partial charge in [-0.1, -0.05) is 47.5 Å². The first-order chi connectivity index (χ1) is 15.7. The van der Waals surface area contributed by atoms with E-state index < -0.39 is 17.7 Å². The number of aryl methyl sites for hydroxylation is 1. The van der Waals surface area contributed by atoms with E-state index in [1.165, 1.54) is 17.0 Å². The zero-order valence-corrected chi connectivity index (χ0v) is 19.9. The minimum Gasteiger partial charge on any atom is -0.507 e. The van der Waals surface area contributed by atoms with Crippen LogP contribution in [0.5, 0.6) is 0 Å². The second kappa shape index (κ2) is 8.93. The molecule has 0 aliphatic carbocycles. The van der Waals surface area contributed by atoms with E-state index in [2.05, 4.69) is 0 Å². The Kier molecular flexibility index (Phi) is 6.19. The Morgan fingerprint density at radius 2 is 1.64 bits per heavy atom. The number of carbonyl (C=O) groups excluding carboxylic acids is 2. The third-order valence-electron chi connectivity index (χ3n) is 5.64. The van der Waals surface area contributed by atoms with Crippen molar-refractivity contribution in [2.45, 2.75) is 13.0 Å². The van der Waals surface area contributed by atoms with Gasteiger partial charge in [-0.05, 0) is 60.5 Å². The van der Waals surface area contributed by atoms with Crippen molar-refractivity contribution in [1.82, 2.24) is 0 Å². The van der Waals surface area contributed by atoms with E-state index in [-0.39, 0.29) is 16.4 Å². The molecule has 5 nitrogen and oxygen atoms in total. The van der Waals surface area contributed by atoms with Crippen molar-refractivity contribution in [2.75, 3.05) is 23.9 Å². The van der Waals surface area contributed by atoms with Crippen molar-refractivity contribution in [1.29, 1.82) is 0 Å². The summed E-state index contributed by atoms with van der Waals surface area (Å²) in [5, 5.41) is 11.7. The topological polar surface area (TPSA) is 60.9 Å². The Morgan fingerprint density at radius 1 is 0.939 bits per heavy atom. The maximum absolute atomic E-state index is 13.2. The van der Waals surface area contributed by atoms with Crippen LogP contribution < -0.4 is 9.80 Å². The third kappa shape index (κ3) is 4.22. The molecule has 1 atom stereocenters. The predicted molar refractivity (Wildman–Crippen MR) is 133 cm³/mol. The number of halogens is 2. The molecule has 3 aromatic rings. The molecule has 1 heterocycles. The second-order valence-electron chi connectivity index (χ2n) is 8.12. The van der Waals surface area contributed by atoms with Crippen LogP contribution in [0.15, 0.2) is 72.3 Å². The minimum absolute atomic E-state index is 0.00232. The number of hydrogen-bond donors (Lipinski definition) is 1. The molecule has 3 aromatic carbocycles. The quantitative estimate of drug-likeness (QED) is 0.282. The van der Waals surface area contributed by atoms with Gasteiger partial charge in [-0.2, -0.15) is 0 Å². The summed E-state index contributed by atoms with van der Waals surface area (Å²) in [6.07, 6.45) is 0. The molecule has 7 heteroatoms. The number of benzene rings is 3. The van der Waals surface area contributed by atoms with E-state index in [0.717, 1.165) is 11.3 Å². The van der Waals surface area contributed by atoms with Crippen molar-refractivity contribution in [3.05, 3.63) is 99.0 Å². The molecule has 168 valence electrons. The molecule has 0 spiro atoms. The first kappa shape index (κ1) is 22.9. The lowest BCUT2D eigenvalue weighted by Gasteiger charge is -2.26. The van der Waals surface area contributed by atoms with Gasteiger partial charge in [-0.15, -0.1) is 0 Å². The average molecular weight is 481 g/mol.